The zero-order chi connectivity index (χ0) is 11.8. The third-order valence-electron chi connectivity index (χ3n) is 2.99. The van der Waals surface area contributed by atoms with Crippen LogP contribution in [0.3, 0.4) is 0 Å². The van der Waals surface area contributed by atoms with Crippen LogP contribution in [0.15, 0.2) is 24.3 Å². The van der Waals surface area contributed by atoms with E-state index >= 15 is 0 Å². The first-order valence-corrected chi connectivity index (χ1v) is 5.96. The van der Waals surface area contributed by atoms with E-state index in [9.17, 15) is 0 Å². The number of hydrogen-bond acceptors (Lipinski definition) is 2. The molecule has 0 amide bonds. The van der Waals surface area contributed by atoms with Crippen molar-refractivity contribution in [2.24, 2.45) is 5.92 Å². The number of benzene rings is 1. The Labute approximate surface area is 99.0 Å². The highest BCUT2D eigenvalue weighted by atomic mass is 16.5. The van der Waals surface area contributed by atoms with Gasteiger partial charge in [0.1, 0.15) is 0 Å². The van der Waals surface area contributed by atoms with Gasteiger partial charge in [0.25, 0.3) is 0 Å². The minimum absolute atomic E-state index is 0.658. The van der Waals surface area contributed by atoms with Crippen LogP contribution in [0.2, 0.25) is 0 Å². The van der Waals surface area contributed by atoms with Gasteiger partial charge in [0.05, 0.1) is 0 Å². The first-order chi connectivity index (χ1) is 7.77. The van der Waals surface area contributed by atoms with E-state index in [0.29, 0.717) is 5.92 Å². The average Bonchev–Trinajstić information content (AvgIpc) is 2.29. The summed E-state index contributed by atoms with van der Waals surface area (Å²) in [7, 11) is 3.78. The smallest absolute Gasteiger partial charge is 0.0465 e. The SMILES string of the molecule is CNCC(CCOC)Cc1ccccc1C. The van der Waals surface area contributed by atoms with Gasteiger partial charge in [-0.05, 0) is 50.4 Å². The monoisotopic (exact) mass is 221 g/mol. The molecule has 0 fully saturated rings. The standard InChI is InChI=1S/C14H23NO/c1-12-6-4-5-7-14(12)10-13(11-15-2)8-9-16-3/h4-7,13,15H,8-11H2,1-3H3. The highest BCUT2D eigenvalue weighted by molar-refractivity contribution is 5.25. The van der Waals surface area contributed by atoms with Crippen molar-refractivity contribution in [2.75, 3.05) is 27.3 Å². The molecule has 1 rings (SSSR count). The van der Waals surface area contributed by atoms with Gasteiger partial charge in [0, 0.05) is 13.7 Å². The summed E-state index contributed by atoms with van der Waals surface area (Å²) in [6.45, 7) is 4.08. The molecule has 0 saturated carbocycles. The molecule has 0 bridgehead atoms. The molecule has 0 radical (unpaired) electrons. The Morgan fingerprint density at radius 3 is 2.69 bits per heavy atom. The van der Waals surface area contributed by atoms with Crippen molar-refractivity contribution in [2.45, 2.75) is 19.8 Å². The fraction of sp³-hybridized carbons (Fsp3) is 0.571. The Morgan fingerprint density at radius 1 is 1.31 bits per heavy atom. The van der Waals surface area contributed by atoms with E-state index in [1.54, 1.807) is 7.11 Å². The molecule has 16 heavy (non-hydrogen) atoms. The zero-order valence-electron chi connectivity index (χ0n) is 10.6. The Morgan fingerprint density at radius 2 is 2.06 bits per heavy atom. The highest BCUT2D eigenvalue weighted by Crippen LogP contribution is 2.15. The summed E-state index contributed by atoms with van der Waals surface area (Å²) < 4.78 is 5.16. The number of hydrogen-bond donors (Lipinski definition) is 1. The third kappa shape index (κ3) is 4.33. The van der Waals surface area contributed by atoms with Crippen molar-refractivity contribution in [1.82, 2.24) is 5.32 Å². The van der Waals surface area contributed by atoms with Gasteiger partial charge in [-0.15, -0.1) is 0 Å². The van der Waals surface area contributed by atoms with Gasteiger partial charge in [0.15, 0.2) is 0 Å². The summed E-state index contributed by atoms with van der Waals surface area (Å²) in [5.41, 5.74) is 2.85. The largest absolute Gasteiger partial charge is 0.385 e. The molecule has 1 aromatic carbocycles. The van der Waals surface area contributed by atoms with Crippen molar-refractivity contribution in [3.05, 3.63) is 35.4 Å². The van der Waals surface area contributed by atoms with Crippen LogP contribution in [-0.4, -0.2) is 27.3 Å². The second-order valence-corrected chi connectivity index (χ2v) is 4.34. The van der Waals surface area contributed by atoms with Crippen molar-refractivity contribution in [3.8, 4) is 0 Å². The molecule has 2 nitrogen and oxygen atoms in total. The van der Waals surface area contributed by atoms with Crippen LogP contribution in [0.4, 0.5) is 0 Å². The molecule has 2 heteroatoms. The van der Waals surface area contributed by atoms with E-state index in [4.69, 9.17) is 4.74 Å². The molecule has 1 unspecified atom stereocenters. The predicted octanol–water partition coefficient (Wildman–Crippen LogP) is 2.41. The maximum atomic E-state index is 5.16. The number of rotatable bonds is 7. The van der Waals surface area contributed by atoms with Crippen LogP contribution >= 0.6 is 0 Å². The van der Waals surface area contributed by atoms with E-state index in [1.807, 2.05) is 7.05 Å². The molecular formula is C14H23NO. The Kier molecular flexibility index (Phi) is 6.12. The van der Waals surface area contributed by atoms with Crippen LogP contribution in [0.1, 0.15) is 17.5 Å². The Balaban J connectivity index is 2.56. The molecule has 1 aromatic rings. The lowest BCUT2D eigenvalue weighted by atomic mass is 9.94. The predicted molar refractivity (Wildman–Crippen MR) is 68.8 cm³/mol. The summed E-state index contributed by atoms with van der Waals surface area (Å²) in [5, 5.41) is 3.26. The molecule has 1 atom stereocenters. The fourth-order valence-electron chi connectivity index (χ4n) is 2.00. The molecule has 0 aliphatic rings. The molecule has 0 aromatic heterocycles. The minimum atomic E-state index is 0.658. The molecular weight excluding hydrogens is 198 g/mol. The second-order valence-electron chi connectivity index (χ2n) is 4.34. The quantitative estimate of drug-likeness (QED) is 0.763. The summed E-state index contributed by atoms with van der Waals surface area (Å²) in [6, 6.07) is 8.63. The minimum Gasteiger partial charge on any atom is -0.385 e. The summed E-state index contributed by atoms with van der Waals surface area (Å²) in [4.78, 5) is 0. The van der Waals surface area contributed by atoms with Gasteiger partial charge in [-0.1, -0.05) is 24.3 Å². The molecule has 0 aliphatic heterocycles. The number of nitrogens with one attached hydrogen (secondary N) is 1. The van der Waals surface area contributed by atoms with Gasteiger partial charge >= 0.3 is 0 Å². The average molecular weight is 221 g/mol. The molecule has 0 spiro atoms. The van der Waals surface area contributed by atoms with E-state index in [-0.39, 0.29) is 0 Å². The fourth-order valence-corrected chi connectivity index (χ4v) is 2.00. The Hall–Kier alpha value is -0.860. The molecule has 0 saturated heterocycles. The van der Waals surface area contributed by atoms with Crippen LogP contribution in [0.5, 0.6) is 0 Å². The summed E-state index contributed by atoms with van der Waals surface area (Å²) >= 11 is 0. The van der Waals surface area contributed by atoms with Gasteiger partial charge < -0.3 is 10.1 Å². The second kappa shape index (κ2) is 7.42. The number of ether oxygens (including phenoxy) is 1. The first-order valence-electron chi connectivity index (χ1n) is 5.96. The van der Waals surface area contributed by atoms with Gasteiger partial charge in [-0.3, -0.25) is 0 Å². The topological polar surface area (TPSA) is 21.3 Å². The van der Waals surface area contributed by atoms with Crippen LogP contribution in [0, 0.1) is 12.8 Å². The number of methoxy groups -OCH3 is 1. The lowest BCUT2D eigenvalue weighted by Gasteiger charge is -2.17. The molecule has 0 heterocycles. The van der Waals surface area contributed by atoms with Crippen LogP contribution < -0.4 is 5.32 Å². The molecule has 1 N–H and O–H groups in total. The van der Waals surface area contributed by atoms with E-state index in [1.165, 1.54) is 11.1 Å². The normalized spacial score (nSPS) is 12.7. The summed E-state index contributed by atoms with van der Waals surface area (Å²) in [5.74, 6) is 0.658. The van der Waals surface area contributed by atoms with Crippen molar-refractivity contribution in [3.63, 3.8) is 0 Å². The zero-order valence-corrected chi connectivity index (χ0v) is 10.6. The van der Waals surface area contributed by atoms with E-state index < -0.39 is 0 Å². The van der Waals surface area contributed by atoms with Gasteiger partial charge in [-0.2, -0.15) is 0 Å². The lowest BCUT2D eigenvalue weighted by Crippen LogP contribution is -2.22. The van der Waals surface area contributed by atoms with Crippen LogP contribution in [-0.2, 0) is 11.2 Å². The molecule has 0 aliphatic carbocycles. The van der Waals surface area contributed by atoms with Gasteiger partial charge in [-0.25, -0.2) is 0 Å². The van der Waals surface area contributed by atoms with E-state index in [0.717, 1.165) is 26.0 Å². The van der Waals surface area contributed by atoms with Gasteiger partial charge in [0.2, 0.25) is 0 Å². The van der Waals surface area contributed by atoms with Crippen molar-refractivity contribution in [1.29, 1.82) is 0 Å². The maximum Gasteiger partial charge on any atom is 0.0465 e. The molecule has 90 valence electrons. The van der Waals surface area contributed by atoms with Crippen molar-refractivity contribution >= 4 is 0 Å². The van der Waals surface area contributed by atoms with Crippen molar-refractivity contribution < 1.29 is 4.74 Å². The van der Waals surface area contributed by atoms with Crippen LogP contribution in [0.25, 0.3) is 0 Å². The highest BCUT2D eigenvalue weighted by Gasteiger charge is 2.09. The first kappa shape index (κ1) is 13.2. The Bertz CT molecular complexity index is 299. The maximum absolute atomic E-state index is 5.16. The third-order valence-corrected chi connectivity index (χ3v) is 2.99. The lowest BCUT2D eigenvalue weighted by molar-refractivity contribution is 0.176. The number of aryl methyl sites for hydroxylation is 1. The van der Waals surface area contributed by atoms with E-state index in [2.05, 4.69) is 36.5 Å². The summed E-state index contributed by atoms with van der Waals surface area (Å²) in [6.07, 6.45) is 2.25.